The first-order valence-corrected chi connectivity index (χ1v) is 9.29. The van der Waals surface area contributed by atoms with Gasteiger partial charge in [0.25, 0.3) is 0 Å². The molecule has 0 bridgehead atoms. The zero-order chi connectivity index (χ0) is 18.0. The van der Waals surface area contributed by atoms with Crippen LogP contribution in [0.5, 0.6) is 5.75 Å². The van der Waals surface area contributed by atoms with E-state index in [2.05, 4.69) is 9.97 Å². The number of thioether (sulfide) groups is 1. The normalized spacial score (nSPS) is 10.6. The zero-order valence-electron chi connectivity index (χ0n) is 14.1. The van der Waals surface area contributed by atoms with Gasteiger partial charge in [-0.05, 0) is 31.2 Å². The number of ether oxygens (including phenoxy) is 1. The number of ketones is 1. The number of fused-ring (bicyclic) bond motifs is 1. The molecular formula is C17H17ClFN3O2S2. The molecule has 1 aromatic carbocycles. The highest BCUT2D eigenvalue weighted by atomic mass is 35.5. The van der Waals surface area contributed by atoms with Crippen molar-refractivity contribution in [2.75, 3.05) is 12.9 Å². The maximum atomic E-state index is 14.6. The summed E-state index contributed by atoms with van der Waals surface area (Å²) >= 11 is 2.57. The van der Waals surface area contributed by atoms with E-state index in [0.717, 1.165) is 4.88 Å². The number of nitrogens with two attached hydrogens (primary N) is 1. The summed E-state index contributed by atoms with van der Waals surface area (Å²) in [5.41, 5.74) is 6.06. The van der Waals surface area contributed by atoms with Crippen LogP contribution in [0.3, 0.4) is 0 Å². The molecule has 9 heteroatoms. The number of carbonyl (C=O) groups excluding carboxylic acids is 1. The Hall–Kier alpha value is -1.74. The van der Waals surface area contributed by atoms with Crippen LogP contribution >= 0.6 is 35.5 Å². The first-order chi connectivity index (χ1) is 12.0. The van der Waals surface area contributed by atoms with Crippen LogP contribution in [0.4, 0.5) is 4.39 Å². The van der Waals surface area contributed by atoms with Crippen LogP contribution in [0, 0.1) is 12.7 Å². The topological polar surface area (TPSA) is 78.1 Å². The largest absolute Gasteiger partial charge is 0.494 e. The van der Waals surface area contributed by atoms with Crippen LogP contribution < -0.4 is 10.5 Å². The van der Waals surface area contributed by atoms with E-state index in [-0.39, 0.29) is 35.1 Å². The molecule has 0 atom stereocenters. The molecule has 0 spiro atoms. The lowest BCUT2D eigenvalue weighted by atomic mass is 10.2. The van der Waals surface area contributed by atoms with Crippen LogP contribution in [-0.2, 0) is 6.54 Å². The van der Waals surface area contributed by atoms with Crippen molar-refractivity contribution in [3.63, 3.8) is 0 Å². The third kappa shape index (κ3) is 4.15. The summed E-state index contributed by atoms with van der Waals surface area (Å²) in [6, 6.07) is 6.83. The highest BCUT2D eigenvalue weighted by Crippen LogP contribution is 2.32. The predicted molar refractivity (Wildman–Crippen MR) is 105 cm³/mol. The molecule has 0 saturated heterocycles. The summed E-state index contributed by atoms with van der Waals surface area (Å²) in [6.45, 7) is 2.14. The van der Waals surface area contributed by atoms with Crippen LogP contribution in [0.1, 0.15) is 20.4 Å². The van der Waals surface area contributed by atoms with Crippen LogP contribution in [0.15, 0.2) is 29.3 Å². The van der Waals surface area contributed by atoms with Gasteiger partial charge >= 0.3 is 0 Å². The molecule has 0 aliphatic rings. The zero-order valence-corrected chi connectivity index (χ0v) is 16.6. The second kappa shape index (κ2) is 8.77. The van der Waals surface area contributed by atoms with Crippen LogP contribution in [0.25, 0.3) is 10.9 Å². The smallest absolute Gasteiger partial charge is 0.183 e. The molecule has 3 aromatic rings. The number of nitrogens with zero attached hydrogens (tertiary/aromatic N) is 2. The summed E-state index contributed by atoms with van der Waals surface area (Å²) in [6.07, 6.45) is 0. The van der Waals surface area contributed by atoms with Gasteiger partial charge in [-0.25, -0.2) is 14.4 Å². The number of halogens is 2. The second-order valence-electron chi connectivity index (χ2n) is 5.23. The summed E-state index contributed by atoms with van der Waals surface area (Å²) in [5, 5.41) is 0.708. The monoisotopic (exact) mass is 413 g/mol. The highest BCUT2D eigenvalue weighted by molar-refractivity contribution is 8.00. The fraction of sp³-hybridized carbons (Fsp3) is 0.235. The van der Waals surface area contributed by atoms with E-state index in [0.29, 0.717) is 27.8 Å². The quantitative estimate of drug-likeness (QED) is 0.374. The summed E-state index contributed by atoms with van der Waals surface area (Å²) in [5.74, 6) is 0.249. The highest BCUT2D eigenvalue weighted by Gasteiger charge is 2.17. The molecule has 0 unspecified atom stereocenters. The Morgan fingerprint density at radius 2 is 2.08 bits per heavy atom. The van der Waals surface area contributed by atoms with Gasteiger partial charge in [0.05, 0.1) is 28.6 Å². The van der Waals surface area contributed by atoms with Gasteiger partial charge in [0.2, 0.25) is 0 Å². The lowest BCUT2D eigenvalue weighted by Crippen LogP contribution is -2.02. The Morgan fingerprint density at radius 1 is 1.31 bits per heavy atom. The Morgan fingerprint density at radius 3 is 2.73 bits per heavy atom. The van der Waals surface area contributed by atoms with Crippen molar-refractivity contribution in [2.24, 2.45) is 5.73 Å². The fourth-order valence-electron chi connectivity index (χ4n) is 2.35. The maximum Gasteiger partial charge on any atom is 0.183 e. The number of carbonyl (C=O) groups is 1. The van der Waals surface area contributed by atoms with Gasteiger partial charge in [0, 0.05) is 11.4 Å². The molecular weight excluding hydrogens is 397 g/mol. The number of thiophene rings is 1. The first kappa shape index (κ1) is 20.6. The molecule has 138 valence electrons. The van der Waals surface area contributed by atoms with E-state index < -0.39 is 5.82 Å². The van der Waals surface area contributed by atoms with Crippen molar-refractivity contribution in [3.05, 3.63) is 45.7 Å². The van der Waals surface area contributed by atoms with E-state index in [9.17, 15) is 9.18 Å². The van der Waals surface area contributed by atoms with E-state index in [1.165, 1.54) is 36.3 Å². The summed E-state index contributed by atoms with van der Waals surface area (Å²) < 4.78 is 19.7. The van der Waals surface area contributed by atoms with Gasteiger partial charge in [-0.15, -0.1) is 23.7 Å². The maximum absolute atomic E-state index is 14.6. The number of aromatic nitrogens is 2. The molecule has 2 aromatic heterocycles. The molecule has 2 heterocycles. The van der Waals surface area contributed by atoms with Gasteiger partial charge in [-0.3, -0.25) is 4.79 Å². The molecule has 26 heavy (non-hydrogen) atoms. The van der Waals surface area contributed by atoms with Gasteiger partial charge < -0.3 is 10.5 Å². The van der Waals surface area contributed by atoms with Crippen molar-refractivity contribution in [3.8, 4) is 5.75 Å². The Balaban J connectivity index is 0.00000243. The van der Waals surface area contributed by atoms with Gasteiger partial charge in [0.1, 0.15) is 10.9 Å². The number of rotatable bonds is 6. The summed E-state index contributed by atoms with van der Waals surface area (Å²) in [4.78, 5) is 22.5. The van der Waals surface area contributed by atoms with Crippen molar-refractivity contribution < 1.29 is 13.9 Å². The molecule has 2 N–H and O–H groups in total. The molecule has 5 nitrogen and oxygen atoms in total. The minimum Gasteiger partial charge on any atom is -0.494 e. The average molecular weight is 414 g/mol. The van der Waals surface area contributed by atoms with Crippen LogP contribution in [-0.4, -0.2) is 28.6 Å². The van der Waals surface area contributed by atoms with Crippen molar-refractivity contribution in [1.82, 2.24) is 9.97 Å². The van der Waals surface area contributed by atoms with Gasteiger partial charge in [-0.2, -0.15) is 0 Å². The molecule has 0 fully saturated rings. The lowest BCUT2D eigenvalue weighted by Gasteiger charge is -2.09. The number of aryl methyl sites for hydroxylation is 1. The minimum atomic E-state index is -0.517. The lowest BCUT2D eigenvalue weighted by molar-refractivity contribution is 0.102. The third-order valence-electron chi connectivity index (χ3n) is 3.54. The first-order valence-electron chi connectivity index (χ1n) is 7.49. The number of methoxy groups -OCH3 is 1. The number of benzene rings is 1. The molecule has 3 rings (SSSR count). The molecule has 0 aliphatic carbocycles. The van der Waals surface area contributed by atoms with Crippen LogP contribution in [0.2, 0.25) is 0 Å². The van der Waals surface area contributed by atoms with Crippen molar-refractivity contribution in [2.45, 2.75) is 18.5 Å². The number of Topliss-reactive ketones (excluding diaryl/α,β-unsaturated/α-hetero) is 1. The Bertz CT molecular complexity index is 949. The molecule has 0 saturated carbocycles. The molecule has 0 amide bonds. The third-order valence-corrected chi connectivity index (χ3v) is 5.67. The Kier molecular flexibility index (Phi) is 6.94. The Labute approximate surface area is 164 Å². The standard InChI is InChI=1S/C17H16FN3O2S2.ClH/c1-9-20-11-4-5-13(23-2)16(18)15(11)17(21-9)24-8-12(22)14-6-3-10(7-19)25-14;/h3-6H,7-8,19H2,1-2H3;1H. The van der Waals surface area contributed by atoms with E-state index in [4.69, 9.17) is 10.5 Å². The predicted octanol–water partition coefficient (Wildman–Crippen LogP) is 4.00. The van der Waals surface area contributed by atoms with Crippen molar-refractivity contribution >= 4 is 52.2 Å². The van der Waals surface area contributed by atoms with Crippen molar-refractivity contribution in [1.29, 1.82) is 0 Å². The van der Waals surface area contributed by atoms with Gasteiger partial charge in [0.15, 0.2) is 17.3 Å². The van der Waals surface area contributed by atoms with E-state index in [1.54, 1.807) is 19.1 Å². The van der Waals surface area contributed by atoms with E-state index >= 15 is 0 Å². The SMILES string of the molecule is COc1ccc2nc(C)nc(SCC(=O)c3ccc(CN)s3)c2c1F.Cl. The number of hydrogen-bond acceptors (Lipinski definition) is 7. The second-order valence-corrected chi connectivity index (χ2v) is 7.37. The van der Waals surface area contributed by atoms with E-state index in [1.807, 2.05) is 6.07 Å². The molecule has 0 aliphatic heterocycles. The minimum absolute atomic E-state index is 0. The molecule has 0 radical (unpaired) electrons. The average Bonchev–Trinajstić information content (AvgIpc) is 3.08. The number of hydrogen-bond donors (Lipinski definition) is 1. The van der Waals surface area contributed by atoms with Gasteiger partial charge in [-0.1, -0.05) is 11.8 Å². The fourth-order valence-corrected chi connectivity index (χ4v) is 4.22. The summed E-state index contributed by atoms with van der Waals surface area (Å²) in [7, 11) is 1.40.